The van der Waals surface area contributed by atoms with Crippen LogP contribution >= 0.6 is 11.3 Å². The van der Waals surface area contributed by atoms with Crippen molar-refractivity contribution in [3.05, 3.63) is 112 Å². The van der Waals surface area contributed by atoms with Crippen molar-refractivity contribution in [2.75, 3.05) is 19.6 Å². The summed E-state index contributed by atoms with van der Waals surface area (Å²) in [5, 5.41) is 7.29. The van der Waals surface area contributed by atoms with E-state index in [9.17, 15) is 9.59 Å². The van der Waals surface area contributed by atoms with Gasteiger partial charge in [0, 0.05) is 35.5 Å². The van der Waals surface area contributed by atoms with Crippen molar-refractivity contribution in [1.82, 2.24) is 15.4 Å². The maximum Gasteiger partial charge on any atom is 0.410 e. The van der Waals surface area contributed by atoms with Crippen LogP contribution < -0.4 is 14.8 Å². The quantitative estimate of drug-likeness (QED) is 0.145. The third kappa shape index (κ3) is 8.67. The first-order valence-corrected chi connectivity index (χ1v) is 18.7. The summed E-state index contributed by atoms with van der Waals surface area (Å²) >= 11 is 1.60. The molecule has 1 aliphatic heterocycles. The van der Waals surface area contributed by atoms with E-state index in [-0.39, 0.29) is 23.6 Å². The second kappa shape index (κ2) is 16.1. The first-order valence-electron chi connectivity index (χ1n) is 17.9. The molecule has 272 valence electrons. The predicted molar refractivity (Wildman–Crippen MR) is 204 cm³/mol. The molecule has 1 N–H and O–H groups in total. The molecule has 0 saturated heterocycles. The van der Waals surface area contributed by atoms with Crippen molar-refractivity contribution < 1.29 is 28.3 Å². The van der Waals surface area contributed by atoms with Gasteiger partial charge in [0.1, 0.15) is 30.3 Å². The lowest BCUT2D eigenvalue weighted by molar-refractivity contribution is 0.0258. The van der Waals surface area contributed by atoms with Gasteiger partial charge in [0.15, 0.2) is 11.5 Å². The summed E-state index contributed by atoms with van der Waals surface area (Å²) in [7, 11) is 0. The number of nitrogens with zero attached hydrogens (tertiary/aromatic N) is 2. The molecule has 3 heterocycles. The highest BCUT2D eigenvalue weighted by atomic mass is 32.1. The maximum absolute atomic E-state index is 13.5. The van der Waals surface area contributed by atoms with Gasteiger partial charge in [0.2, 0.25) is 0 Å². The zero-order valence-electron chi connectivity index (χ0n) is 30.8. The van der Waals surface area contributed by atoms with Gasteiger partial charge in [-0.25, -0.2) is 4.79 Å². The summed E-state index contributed by atoms with van der Waals surface area (Å²) in [5.41, 5.74) is 5.13. The van der Waals surface area contributed by atoms with Crippen molar-refractivity contribution in [3.63, 3.8) is 0 Å². The van der Waals surface area contributed by atoms with Gasteiger partial charge in [-0.05, 0) is 80.8 Å². The van der Waals surface area contributed by atoms with Gasteiger partial charge >= 0.3 is 6.09 Å². The fourth-order valence-electron chi connectivity index (χ4n) is 6.15. The van der Waals surface area contributed by atoms with Crippen molar-refractivity contribution in [1.29, 1.82) is 0 Å². The van der Waals surface area contributed by atoms with E-state index in [1.54, 1.807) is 16.2 Å². The van der Waals surface area contributed by atoms with Crippen LogP contribution in [0.1, 0.15) is 85.1 Å². The van der Waals surface area contributed by atoms with E-state index < -0.39 is 5.60 Å². The molecule has 0 radical (unpaired) electrons. The smallest absolute Gasteiger partial charge is 0.410 e. The summed E-state index contributed by atoms with van der Waals surface area (Å²) in [4.78, 5) is 30.2. The number of nitrogens with one attached hydrogen (secondary N) is 1. The van der Waals surface area contributed by atoms with E-state index in [0.29, 0.717) is 74.1 Å². The average molecular weight is 722 g/mol. The molecule has 0 bridgehead atoms. The number of rotatable bonds is 11. The molecule has 9 nitrogen and oxygen atoms in total. The van der Waals surface area contributed by atoms with Gasteiger partial charge in [-0.1, -0.05) is 79.7 Å². The van der Waals surface area contributed by atoms with Gasteiger partial charge in [0.25, 0.3) is 5.91 Å². The molecule has 52 heavy (non-hydrogen) atoms. The van der Waals surface area contributed by atoms with Crippen molar-refractivity contribution in [2.24, 2.45) is 0 Å². The molecule has 2 aromatic heterocycles. The van der Waals surface area contributed by atoms with E-state index in [1.165, 1.54) is 0 Å². The minimum atomic E-state index is -0.563. The van der Waals surface area contributed by atoms with Crippen molar-refractivity contribution in [2.45, 2.75) is 79.1 Å². The Hall–Kier alpha value is -5.09. The minimum absolute atomic E-state index is 0.104. The average Bonchev–Trinajstić information content (AvgIpc) is 3.69. The van der Waals surface area contributed by atoms with Crippen LogP contribution in [0.3, 0.4) is 0 Å². The summed E-state index contributed by atoms with van der Waals surface area (Å²) in [5.74, 6) is 1.52. The Bertz CT molecular complexity index is 1970. The van der Waals surface area contributed by atoms with Gasteiger partial charge in [-0.15, -0.1) is 11.3 Å². The van der Waals surface area contributed by atoms with E-state index in [1.807, 2.05) is 100 Å². The molecule has 3 aromatic carbocycles. The lowest BCUT2D eigenvalue weighted by Gasteiger charge is -2.26. The third-order valence-corrected chi connectivity index (χ3v) is 10.0. The molecule has 0 unspecified atom stereocenters. The van der Waals surface area contributed by atoms with Gasteiger partial charge < -0.3 is 29.0 Å². The predicted octanol–water partition coefficient (Wildman–Crippen LogP) is 9.44. The normalized spacial score (nSPS) is 13.0. The molecule has 0 aliphatic carbocycles. The molecule has 1 aliphatic rings. The van der Waals surface area contributed by atoms with E-state index in [2.05, 4.69) is 30.4 Å². The van der Waals surface area contributed by atoms with Crippen molar-refractivity contribution in [3.8, 4) is 33.3 Å². The number of carbonyl (C=O) groups is 2. The summed E-state index contributed by atoms with van der Waals surface area (Å²) in [6.45, 7) is 14.0. The molecule has 2 amide bonds. The zero-order valence-corrected chi connectivity index (χ0v) is 31.6. The number of fused-ring (bicyclic) bond motifs is 1. The number of carbonyl (C=O) groups excluding carboxylic acids is 2. The number of amides is 2. The SMILES string of the molecule is CCNC(=O)c1noc(-c2cc(C(C)C)c(OCc3ccccc3)cc2OCc2ccccc2)c1-c1cc2c(s1)CCN(C(=O)OC(C)(C)C)CC2. The fraction of sp³-hybridized carbons (Fsp3) is 0.357. The topological polar surface area (TPSA) is 103 Å². The number of ether oxygens (including phenoxy) is 3. The molecule has 0 atom stereocenters. The number of hydrogen-bond donors (Lipinski definition) is 1. The van der Waals surface area contributed by atoms with Crippen LogP contribution in [0.15, 0.2) is 83.4 Å². The fourth-order valence-corrected chi connectivity index (χ4v) is 7.39. The Morgan fingerprint density at radius 3 is 2.15 bits per heavy atom. The Labute approximate surface area is 309 Å². The Balaban J connectivity index is 1.42. The van der Waals surface area contributed by atoms with Crippen LogP contribution in [0, 0.1) is 0 Å². The Morgan fingerprint density at radius 1 is 0.904 bits per heavy atom. The standard InChI is InChI=1S/C42H47N3O6S/c1-7-43-40(46)38-37(36-22-30-18-20-45(21-19-35(30)52-36)41(47)50-42(4,5)6)39(51-44-38)32-23-31(27(2)3)33(48-25-28-14-10-8-11-15-28)24-34(32)49-26-29-16-12-9-13-17-29/h8-17,22-24,27H,7,18-21,25-26H2,1-6H3,(H,43,46). The van der Waals surface area contributed by atoms with Gasteiger partial charge in [-0.2, -0.15) is 0 Å². The lowest BCUT2D eigenvalue weighted by Crippen LogP contribution is -2.38. The van der Waals surface area contributed by atoms with Gasteiger partial charge in [0.05, 0.1) is 11.1 Å². The number of aromatic nitrogens is 1. The van der Waals surface area contributed by atoms with E-state index in [4.69, 9.17) is 18.7 Å². The van der Waals surface area contributed by atoms with Crippen molar-refractivity contribution >= 4 is 23.3 Å². The third-order valence-electron chi connectivity index (χ3n) is 8.75. The van der Waals surface area contributed by atoms with Crippen LogP contribution in [-0.2, 0) is 30.8 Å². The van der Waals surface area contributed by atoms with Crippen LogP contribution in [-0.4, -0.2) is 47.3 Å². The number of thiophene rings is 1. The lowest BCUT2D eigenvalue weighted by atomic mass is 9.95. The summed E-state index contributed by atoms with van der Waals surface area (Å²) in [6.07, 6.45) is 1.04. The second-order valence-electron chi connectivity index (χ2n) is 14.2. The highest BCUT2D eigenvalue weighted by molar-refractivity contribution is 7.15. The highest BCUT2D eigenvalue weighted by Gasteiger charge is 2.31. The number of benzene rings is 3. The van der Waals surface area contributed by atoms with E-state index in [0.717, 1.165) is 32.0 Å². The molecule has 0 saturated carbocycles. The molecular formula is C42H47N3O6S. The monoisotopic (exact) mass is 721 g/mol. The Morgan fingerprint density at radius 2 is 1.54 bits per heavy atom. The van der Waals surface area contributed by atoms with Crippen LogP contribution in [0.4, 0.5) is 4.79 Å². The second-order valence-corrected chi connectivity index (χ2v) is 15.3. The van der Waals surface area contributed by atoms with Crippen LogP contribution in [0.2, 0.25) is 0 Å². The van der Waals surface area contributed by atoms with Gasteiger partial charge in [-0.3, -0.25) is 4.79 Å². The molecule has 5 aromatic rings. The maximum atomic E-state index is 13.5. The first kappa shape index (κ1) is 36.7. The Kier molecular flexibility index (Phi) is 11.3. The molecule has 6 rings (SSSR count). The number of hydrogen-bond acceptors (Lipinski definition) is 8. The summed E-state index contributed by atoms with van der Waals surface area (Å²) in [6, 6.07) is 26.1. The van der Waals surface area contributed by atoms with Crippen LogP contribution in [0.5, 0.6) is 11.5 Å². The highest BCUT2D eigenvalue weighted by Crippen LogP contribution is 2.46. The van der Waals surface area contributed by atoms with Crippen LogP contribution in [0.25, 0.3) is 21.8 Å². The molecule has 0 spiro atoms. The largest absolute Gasteiger partial charge is 0.488 e. The summed E-state index contributed by atoms with van der Waals surface area (Å²) < 4.78 is 24.8. The van der Waals surface area contributed by atoms with E-state index >= 15 is 0 Å². The zero-order chi connectivity index (χ0) is 36.8. The first-order chi connectivity index (χ1) is 25.0. The minimum Gasteiger partial charge on any atom is -0.488 e. The molecular weight excluding hydrogens is 675 g/mol. The molecule has 0 fully saturated rings. The molecule has 10 heteroatoms.